The smallest absolute Gasteiger partial charge is 0.334 e. The summed E-state index contributed by atoms with van der Waals surface area (Å²) in [5, 5.41) is 42.2. The van der Waals surface area contributed by atoms with Gasteiger partial charge >= 0.3 is 5.97 Å². The van der Waals surface area contributed by atoms with Gasteiger partial charge in [0, 0.05) is 12.0 Å². The summed E-state index contributed by atoms with van der Waals surface area (Å²) in [4.78, 5) is 11.7. The van der Waals surface area contributed by atoms with E-state index in [1.54, 1.807) is 6.08 Å². The highest BCUT2D eigenvalue weighted by molar-refractivity contribution is 5.90. The van der Waals surface area contributed by atoms with Gasteiger partial charge in [-0.05, 0) is 57.9 Å². The fourth-order valence-corrected chi connectivity index (χ4v) is 8.70. The number of cyclic esters (lactones) is 1. The maximum Gasteiger partial charge on any atom is 0.334 e. The van der Waals surface area contributed by atoms with Crippen LogP contribution in [0.3, 0.4) is 0 Å². The molecule has 2 heterocycles. The molecule has 0 radical (unpaired) electrons. The van der Waals surface area contributed by atoms with E-state index in [4.69, 9.17) is 9.47 Å². The predicted molar refractivity (Wildman–Crippen MR) is 228 cm³/mol. The third kappa shape index (κ3) is 26.6. The quantitative estimate of drug-likeness (QED) is 0.0363. The lowest BCUT2D eigenvalue weighted by molar-refractivity contribution is -0.139. The number of ether oxygens (including phenoxy) is 2. The number of esters is 1. The fraction of sp³-hybridized carbons (Fsp3) is 0.938. The molecule has 4 N–H and O–H groups in total. The summed E-state index contributed by atoms with van der Waals surface area (Å²) in [5.41, 5.74) is 0.605. The average molecular weight is 779 g/mol. The van der Waals surface area contributed by atoms with E-state index in [0.717, 1.165) is 77.0 Å². The second kappa shape index (κ2) is 33.9. The van der Waals surface area contributed by atoms with Crippen LogP contribution in [0.4, 0.5) is 0 Å². The van der Waals surface area contributed by atoms with Crippen molar-refractivity contribution in [3.63, 3.8) is 0 Å². The number of unbranched alkanes of at least 4 members (excludes halogenated alkanes) is 26. The largest absolute Gasteiger partial charge is 0.455 e. The summed E-state index contributed by atoms with van der Waals surface area (Å²) in [6, 6.07) is 0. The van der Waals surface area contributed by atoms with Gasteiger partial charge in [-0.1, -0.05) is 187 Å². The molecule has 0 aromatic heterocycles. The van der Waals surface area contributed by atoms with E-state index in [9.17, 15) is 25.2 Å². The standard InChI is InChI=1S/C48H90O7/c1-3-4-5-6-7-8-9-10-11-12-13-14-15-16-17-18-19-20-24-27-30-33-44(51)46-36-37-47(55-46)45(52)35-34-42(49)31-28-25-22-21-23-26-29-32-43(50)39-41-38-40(2)54-48(41)53/h38,40,42-47,49-52H,3-37,39H2,1-2H3. The minimum atomic E-state index is -0.581. The van der Waals surface area contributed by atoms with Crippen molar-refractivity contribution < 1.29 is 34.7 Å². The number of aliphatic hydroxyl groups is 4. The van der Waals surface area contributed by atoms with E-state index in [2.05, 4.69) is 6.92 Å². The molecule has 0 saturated carbocycles. The predicted octanol–water partition coefficient (Wildman–Crippen LogP) is 12.1. The number of rotatable bonds is 39. The Morgan fingerprint density at radius 2 is 0.873 bits per heavy atom. The third-order valence-electron chi connectivity index (χ3n) is 12.4. The summed E-state index contributed by atoms with van der Waals surface area (Å²) in [6.45, 7) is 4.12. The summed E-state index contributed by atoms with van der Waals surface area (Å²) in [5.74, 6) is -0.290. The molecule has 7 nitrogen and oxygen atoms in total. The SMILES string of the molecule is CCCCCCCCCCCCCCCCCCCCCCCC(O)C1CCC(C(O)CCC(O)CCCCCCCCCC(O)CC2=CC(C)OC2=O)O1. The summed E-state index contributed by atoms with van der Waals surface area (Å²) < 4.78 is 11.2. The van der Waals surface area contributed by atoms with Gasteiger partial charge in [-0.25, -0.2) is 4.79 Å². The minimum absolute atomic E-state index is 0.168. The minimum Gasteiger partial charge on any atom is -0.455 e. The molecule has 0 bridgehead atoms. The van der Waals surface area contributed by atoms with Gasteiger partial charge in [0.15, 0.2) is 0 Å². The molecule has 7 heteroatoms. The first-order valence-corrected chi connectivity index (χ1v) is 24.1. The first kappa shape index (κ1) is 50.2. The molecule has 2 rings (SSSR count). The van der Waals surface area contributed by atoms with Gasteiger partial charge in [-0.15, -0.1) is 0 Å². The van der Waals surface area contributed by atoms with E-state index in [1.807, 2.05) is 6.92 Å². The third-order valence-corrected chi connectivity index (χ3v) is 12.4. The Morgan fingerprint density at radius 1 is 0.509 bits per heavy atom. The first-order valence-electron chi connectivity index (χ1n) is 24.1. The van der Waals surface area contributed by atoms with Crippen molar-refractivity contribution in [2.45, 2.75) is 288 Å². The second-order valence-electron chi connectivity index (χ2n) is 17.7. The Morgan fingerprint density at radius 3 is 1.27 bits per heavy atom. The molecule has 2 aliphatic rings. The number of hydrogen-bond donors (Lipinski definition) is 4. The number of carbonyl (C=O) groups is 1. The van der Waals surface area contributed by atoms with Crippen molar-refractivity contribution in [1.82, 2.24) is 0 Å². The van der Waals surface area contributed by atoms with Gasteiger partial charge in [0.1, 0.15) is 6.10 Å². The zero-order chi connectivity index (χ0) is 39.8. The molecule has 55 heavy (non-hydrogen) atoms. The van der Waals surface area contributed by atoms with Gasteiger partial charge in [0.2, 0.25) is 0 Å². The Bertz CT molecular complexity index is 924. The number of hydrogen-bond acceptors (Lipinski definition) is 7. The van der Waals surface area contributed by atoms with Crippen molar-refractivity contribution >= 4 is 5.97 Å². The lowest BCUT2D eigenvalue weighted by Crippen LogP contribution is -2.31. The van der Waals surface area contributed by atoms with Crippen LogP contribution in [0.5, 0.6) is 0 Å². The van der Waals surface area contributed by atoms with E-state index in [1.165, 1.54) is 128 Å². The molecule has 0 spiro atoms. The Labute approximate surface area is 339 Å². The average Bonchev–Trinajstić information content (AvgIpc) is 3.79. The van der Waals surface area contributed by atoms with Gasteiger partial charge in [0.25, 0.3) is 0 Å². The Kier molecular flexibility index (Phi) is 30.9. The van der Waals surface area contributed by atoms with Gasteiger partial charge < -0.3 is 29.9 Å². The fourth-order valence-electron chi connectivity index (χ4n) is 8.70. The molecule has 324 valence electrons. The lowest BCUT2D eigenvalue weighted by Gasteiger charge is -2.23. The van der Waals surface area contributed by atoms with Crippen LogP contribution in [0.15, 0.2) is 11.6 Å². The van der Waals surface area contributed by atoms with Crippen LogP contribution < -0.4 is 0 Å². The molecule has 2 aliphatic heterocycles. The lowest BCUT2D eigenvalue weighted by atomic mass is 9.98. The molecule has 1 saturated heterocycles. The van der Waals surface area contributed by atoms with E-state index in [0.29, 0.717) is 31.3 Å². The van der Waals surface area contributed by atoms with E-state index in [-0.39, 0.29) is 24.3 Å². The summed E-state index contributed by atoms with van der Waals surface area (Å²) in [7, 11) is 0. The first-order chi connectivity index (χ1) is 26.8. The molecular formula is C48H90O7. The van der Waals surface area contributed by atoms with Crippen LogP contribution >= 0.6 is 0 Å². The zero-order valence-electron chi connectivity index (χ0n) is 36.1. The Hall–Kier alpha value is -0.990. The normalized spacial score (nSPS) is 20.8. The van der Waals surface area contributed by atoms with Gasteiger partial charge in [0.05, 0.1) is 36.6 Å². The summed E-state index contributed by atoms with van der Waals surface area (Å²) >= 11 is 0. The maximum absolute atomic E-state index is 11.7. The van der Waals surface area contributed by atoms with Gasteiger partial charge in [-0.2, -0.15) is 0 Å². The maximum atomic E-state index is 11.7. The number of carbonyl (C=O) groups excluding carboxylic acids is 1. The van der Waals surface area contributed by atoms with Gasteiger partial charge in [-0.3, -0.25) is 0 Å². The molecule has 0 amide bonds. The van der Waals surface area contributed by atoms with Crippen molar-refractivity contribution in [2.75, 3.05) is 0 Å². The zero-order valence-corrected chi connectivity index (χ0v) is 36.1. The highest BCUT2D eigenvalue weighted by atomic mass is 16.5. The molecule has 7 atom stereocenters. The molecule has 0 aromatic carbocycles. The van der Waals surface area contributed by atoms with Crippen molar-refractivity contribution in [3.8, 4) is 0 Å². The topological polar surface area (TPSA) is 116 Å². The monoisotopic (exact) mass is 779 g/mol. The van der Waals surface area contributed by atoms with E-state index < -0.39 is 24.4 Å². The van der Waals surface area contributed by atoms with Crippen LogP contribution in [0.1, 0.15) is 245 Å². The molecule has 0 aliphatic carbocycles. The molecule has 1 fully saturated rings. The highest BCUT2D eigenvalue weighted by Gasteiger charge is 2.34. The summed E-state index contributed by atoms with van der Waals surface area (Å²) in [6.07, 6.45) is 41.2. The molecule has 0 aromatic rings. The Balaban J connectivity index is 1.31. The van der Waals surface area contributed by atoms with Crippen LogP contribution in [0.2, 0.25) is 0 Å². The van der Waals surface area contributed by atoms with Crippen LogP contribution in [-0.4, -0.2) is 69.1 Å². The van der Waals surface area contributed by atoms with Crippen molar-refractivity contribution in [2.24, 2.45) is 0 Å². The van der Waals surface area contributed by atoms with Crippen LogP contribution in [-0.2, 0) is 14.3 Å². The van der Waals surface area contributed by atoms with Crippen LogP contribution in [0, 0.1) is 0 Å². The van der Waals surface area contributed by atoms with E-state index >= 15 is 0 Å². The molecule has 7 unspecified atom stereocenters. The van der Waals surface area contributed by atoms with Crippen molar-refractivity contribution in [3.05, 3.63) is 11.6 Å². The van der Waals surface area contributed by atoms with Crippen molar-refractivity contribution in [1.29, 1.82) is 0 Å². The number of aliphatic hydroxyl groups excluding tert-OH is 4. The van der Waals surface area contributed by atoms with Crippen LogP contribution in [0.25, 0.3) is 0 Å². The second-order valence-corrected chi connectivity index (χ2v) is 17.7. The molecular weight excluding hydrogens is 689 g/mol. The highest BCUT2D eigenvalue weighted by Crippen LogP contribution is 2.29.